The number of ether oxygens (including phenoxy) is 1. The molecule has 208 valence electrons. The second-order valence-corrected chi connectivity index (χ2v) is 11.9. The maximum absolute atomic E-state index is 12.0. The summed E-state index contributed by atoms with van der Waals surface area (Å²) in [5.74, 6) is 1.57. The zero-order valence-electron chi connectivity index (χ0n) is 22.7. The van der Waals surface area contributed by atoms with E-state index in [1.165, 1.54) is 18.1 Å². The van der Waals surface area contributed by atoms with Gasteiger partial charge < -0.3 is 20.0 Å². The normalized spacial score (nSPS) is 39.1. The summed E-state index contributed by atoms with van der Waals surface area (Å²) in [6, 6.07) is 2.10. The van der Waals surface area contributed by atoms with Crippen molar-refractivity contribution in [2.45, 2.75) is 94.3 Å². The van der Waals surface area contributed by atoms with Crippen LogP contribution in [0.4, 0.5) is 0 Å². The first kappa shape index (κ1) is 26.1. The summed E-state index contributed by atoms with van der Waals surface area (Å²) < 4.78 is 6.51. The second-order valence-electron chi connectivity index (χ2n) is 11.9. The highest BCUT2D eigenvalue weighted by Crippen LogP contribution is 2.31. The Kier molecular flexibility index (Phi) is 7.90. The lowest BCUT2D eigenvalue weighted by Crippen LogP contribution is -2.73. The van der Waals surface area contributed by atoms with E-state index in [1.807, 2.05) is 4.90 Å². The average molecular weight is 524 g/mol. The van der Waals surface area contributed by atoms with E-state index < -0.39 is 0 Å². The number of fused-ring (bicyclic) bond motifs is 2. The highest BCUT2D eigenvalue weighted by atomic mass is 16.5. The standard InChI is InChI=1S/C29H45N7O2/c1-3-27(37)35-13-9-20(10-14-35)24-5-6-25-28(34-24)29(31-18-30-25)33-21-4-7-26(19(2)16-21)38-23-11-15-36-22(17-23)8-12-32-36/h3,9,11,15,17,19,21-22,24-26,28-34H,1,4-8,10,12-14,16,18H2,2H3. The number of rotatable bonds is 6. The molecule has 0 bridgehead atoms. The minimum absolute atomic E-state index is 0.0287. The number of hydrazine groups is 1. The lowest BCUT2D eigenvalue weighted by molar-refractivity contribution is -0.125. The smallest absolute Gasteiger partial charge is 0.246 e. The van der Waals surface area contributed by atoms with Gasteiger partial charge in [-0.05, 0) is 69.1 Å². The summed E-state index contributed by atoms with van der Waals surface area (Å²) in [7, 11) is 0. The highest BCUT2D eigenvalue weighted by molar-refractivity contribution is 5.87. The number of allylic oxidation sites excluding steroid dienone is 1. The number of nitrogens with one attached hydrogen (secondary N) is 5. The average Bonchev–Trinajstić information content (AvgIpc) is 3.42. The maximum Gasteiger partial charge on any atom is 0.246 e. The number of hydrogen-bond acceptors (Lipinski definition) is 8. The van der Waals surface area contributed by atoms with Crippen molar-refractivity contribution < 1.29 is 9.53 Å². The third-order valence-electron chi connectivity index (χ3n) is 9.46. The summed E-state index contributed by atoms with van der Waals surface area (Å²) in [6.07, 6.45) is 18.4. The number of carbonyl (C=O) groups is 1. The lowest BCUT2D eigenvalue weighted by atomic mass is 9.82. The molecule has 0 radical (unpaired) electrons. The Morgan fingerprint density at radius 2 is 2.13 bits per heavy atom. The van der Waals surface area contributed by atoms with E-state index in [0.29, 0.717) is 42.7 Å². The predicted molar refractivity (Wildman–Crippen MR) is 148 cm³/mol. The Balaban J connectivity index is 1.02. The van der Waals surface area contributed by atoms with Crippen LogP contribution in [0.2, 0.25) is 0 Å². The molecule has 8 atom stereocenters. The Hall–Kier alpha value is -2.17. The highest BCUT2D eigenvalue weighted by Gasteiger charge is 2.40. The molecule has 38 heavy (non-hydrogen) atoms. The van der Waals surface area contributed by atoms with E-state index in [2.05, 4.69) is 69.6 Å². The van der Waals surface area contributed by atoms with E-state index in [9.17, 15) is 4.79 Å². The molecule has 6 rings (SSSR count). The summed E-state index contributed by atoms with van der Waals surface area (Å²) in [5.41, 5.74) is 4.84. The summed E-state index contributed by atoms with van der Waals surface area (Å²) in [5, 5.41) is 17.6. The van der Waals surface area contributed by atoms with Gasteiger partial charge in [-0.3, -0.25) is 20.7 Å². The van der Waals surface area contributed by atoms with Gasteiger partial charge in [0.25, 0.3) is 0 Å². The molecule has 0 spiro atoms. The molecule has 8 unspecified atom stereocenters. The Labute approximate surface area is 227 Å². The second kappa shape index (κ2) is 11.5. The van der Waals surface area contributed by atoms with Crippen molar-refractivity contribution in [1.29, 1.82) is 0 Å². The lowest BCUT2D eigenvalue weighted by Gasteiger charge is -2.48. The fourth-order valence-electron chi connectivity index (χ4n) is 7.25. The third-order valence-corrected chi connectivity index (χ3v) is 9.46. The first-order valence-electron chi connectivity index (χ1n) is 14.7. The molecule has 0 aromatic rings. The molecule has 5 N–H and O–H groups in total. The van der Waals surface area contributed by atoms with Gasteiger partial charge in [-0.15, -0.1) is 0 Å². The number of carbonyl (C=O) groups excluding carboxylic acids is 1. The van der Waals surface area contributed by atoms with E-state index >= 15 is 0 Å². The van der Waals surface area contributed by atoms with Gasteiger partial charge in [0.05, 0.1) is 18.2 Å². The van der Waals surface area contributed by atoms with Crippen LogP contribution in [-0.2, 0) is 9.53 Å². The Morgan fingerprint density at radius 3 is 2.95 bits per heavy atom. The van der Waals surface area contributed by atoms with E-state index in [0.717, 1.165) is 64.0 Å². The van der Waals surface area contributed by atoms with Crippen LogP contribution in [0.15, 0.2) is 48.4 Å². The van der Waals surface area contributed by atoms with E-state index in [1.54, 1.807) is 0 Å². The molecule has 1 saturated carbocycles. The summed E-state index contributed by atoms with van der Waals surface area (Å²) in [6.45, 7) is 9.32. The van der Waals surface area contributed by atoms with Crippen molar-refractivity contribution in [3.63, 3.8) is 0 Å². The first-order chi connectivity index (χ1) is 18.6. The number of piperidine rings is 1. The van der Waals surface area contributed by atoms with Crippen LogP contribution in [0.5, 0.6) is 0 Å². The van der Waals surface area contributed by atoms with Crippen LogP contribution >= 0.6 is 0 Å². The minimum Gasteiger partial charge on any atom is -0.490 e. The topological polar surface area (TPSA) is 92.9 Å². The molecule has 5 heterocycles. The van der Waals surface area contributed by atoms with Gasteiger partial charge >= 0.3 is 0 Å². The molecule has 6 aliphatic rings. The van der Waals surface area contributed by atoms with Crippen LogP contribution in [0.3, 0.4) is 0 Å². The third kappa shape index (κ3) is 5.58. The summed E-state index contributed by atoms with van der Waals surface area (Å²) in [4.78, 5) is 13.8. The van der Waals surface area contributed by atoms with Crippen molar-refractivity contribution in [2.75, 3.05) is 26.3 Å². The van der Waals surface area contributed by atoms with Gasteiger partial charge in [0.1, 0.15) is 11.9 Å². The van der Waals surface area contributed by atoms with Crippen molar-refractivity contribution >= 4 is 5.91 Å². The van der Waals surface area contributed by atoms with Crippen molar-refractivity contribution in [3.05, 3.63) is 48.4 Å². The molecule has 0 aromatic carbocycles. The molecule has 3 saturated heterocycles. The van der Waals surface area contributed by atoms with Gasteiger partial charge in [0, 0.05) is 50.6 Å². The van der Waals surface area contributed by atoms with Crippen molar-refractivity contribution in [1.82, 2.24) is 36.6 Å². The van der Waals surface area contributed by atoms with Gasteiger partial charge in [-0.2, -0.15) is 0 Å². The van der Waals surface area contributed by atoms with E-state index in [4.69, 9.17) is 4.74 Å². The van der Waals surface area contributed by atoms with Crippen LogP contribution in [-0.4, -0.2) is 84.6 Å². The molecule has 9 nitrogen and oxygen atoms in total. The van der Waals surface area contributed by atoms with Crippen LogP contribution in [0, 0.1) is 5.92 Å². The number of nitrogens with zero attached hydrogens (tertiary/aromatic N) is 2. The maximum atomic E-state index is 12.0. The number of amides is 1. The molecular weight excluding hydrogens is 478 g/mol. The summed E-state index contributed by atoms with van der Waals surface area (Å²) >= 11 is 0. The Morgan fingerprint density at radius 1 is 1.21 bits per heavy atom. The van der Waals surface area contributed by atoms with Gasteiger partial charge in [-0.1, -0.05) is 25.2 Å². The molecule has 1 aliphatic carbocycles. The SMILES string of the molecule is C=CC(=O)N1CC=C(C2CCC3NCNC(NC4CCC(OC5=CC6CCNN6C=C5)C(C)C4)C3N2)CC1. The predicted octanol–water partition coefficient (Wildman–Crippen LogP) is 1.45. The zero-order valence-corrected chi connectivity index (χ0v) is 22.7. The molecule has 4 fully saturated rings. The Bertz CT molecular complexity index is 980. The van der Waals surface area contributed by atoms with Gasteiger partial charge in [0.2, 0.25) is 5.91 Å². The molecule has 1 amide bonds. The monoisotopic (exact) mass is 523 g/mol. The molecule has 0 aromatic heterocycles. The van der Waals surface area contributed by atoms with Crippen LogP contribution in [0.1, 0.15) is 51.9 Å². The molecular formula is C29H45N7O2. The quantitative estimate of drug-likeness (QED) is 0.264. The van der Waals surface area contributed by atoms with Gasteiger partial charge in [0.15, 0.2) is 0 Å². The largest absolute Gasteiger partial charge is 0.490 e. The van der Waals surface area contributed by atoms with Crippen LogP contribution < -0.4 is 26.7 Å². The molecule has 9 heteroatoms. The van der Waals surface area contributed by atoms with E-state index in [-0.39, 0.29) is 18.2 Å². The number of hydrogen-bond donors (Lipinski definition) is 5. The first-order valence-corrected chi connectivity index (χ1v) is 14.7. The van der Waals surface area contributed by atoms with Gasteiger partial charge in [-0.25, -0.2) is 5.43 Å². The fourth-order valence-corrected chi connectivity index (χ4v) is 7.25. The minimum atomic E-state index is 0.0287. The zero-order chi connectivity index (χ0) is 26.1. The fraction of sp³-hybridized carbons (Fsp3) is 0.690. The molecule has 5 aliphatic heterocycles. The van der Waals surface area contributed by atoms with Crippen molar-refractivity contribution in [3.8, 4) is 0 Å². The van der Waals surface area contributed by atoms with Crippen LogP contribution in [0.25, 0.3) is 0 Å². The van der Waals surface area contributed by atoms with Crippen molar-refractivity contribution in [2.24, 2.45) is 5.92 Å².